The Bertz CT molecular complexity index is 381. The Morgan fingerprint density at radius 3 is 2.53 bits per heavy atom. The summed E-state index contributed by atoms with van der Waals surface area (Å²) >= 11 is 0. The molecule has 19 heavy (non-hydrogen) atoms. The SMILES string of the molecule is COc1ccc(N)c(NC(CC(C)C)CN(C)C)c1. The van der Waals surface area contributed by atoms with E-state index in [0.29, 0.717) is 12.0 Å². The Hall–Kier alpha value is -1.42. The number of nitrogens with two attached hydrogens (primary N) is 1. The Morgan fingerprint density at radius 1 is 1.32 bits per heavy atom. The maximum atomic E-state index is 6.02. The summed E-state index contributed by atoms with van der Waals surface area (Å²) in [5, 5.41) is 3.54. The van der Waals surface area contributed by atoms with Crippen LogP contribution in [0.25, 0.3) is 0 Å². The number of nitrogens with one attached hydrogen (secondary N) is 1. The van der Waals surface area contributed by atoms with Crippen molar-refractivity contribution in [2.75, 3.05) is 38.8 Å². The molecule has 0 aliphatic heterocycles. The zero-order valence-electron chi connectivity index (χ0n) is 12.7. The second kappa shape index (κ2) is 7.24. The highest BCUT2D eigenvalue weighted by Crippen LogP contribution is 2.26. The standard InChI is InChI=1S/C15H27N3O/c1-11(2)8-12(10-18(3)4)17-15-9-13(19-5)6-7-14(15)16/h6-7,9,11-12,17H,8,10,16H2,1-5H3. The zero-order valence-corrected chi connectivity index (χ0v) is 12.7. The van der Waals surface area contributed by atoms with Gasteiger partial charge in [-0.2, -0.15) is 0 Å². The molecule has 0 saturated heterocycles. The Morgan fingerprint density at radius 2 is 2.00 bits per heavy atom. The van der Waals surface area contributed by atoms with Gasteiger partial charge in [-0.05, 0) is 38.6 Å². The molecule has 0 aliphatic rings. The van der Waals surface area contributed by atoms with Gasteiger partial charge in [0.25, 0.3) is 0 Å². The molecule has 108 valence electrons. The molecule has 0 saturated carbocycles. The molecule has 0 radical (unpaired) electrons. The van der Waals surface area contributed by atoms with Gasteiger partial charge in [0.1, 0.15) is 5.75 Å². The van der Waals surface area contributed by atoms with Gasteiger partial charge in [-0.1, -0.05) is 13.8 Å². The third-order valence-electron chi connectivity index (χ3n) is 2.96. The highest BCUT2D eigenvalue weighted by Gasteiger charge is 2.13. The number of ether oxygens (including phenoxy) is 1. The number of hydrogen-bond acceptors (Lipinski definition) is 4. The Labute approximate surface area is 116 Å². The van der Waals surface area contributed by atoms with Crippen molar-refractivity contribution in [3.63, 3.8) is 0 Å². The van der Waals surface area contributed by atoms with Gasteiger partial charge in [0, 0.05) is 18.7 Å². The van der Waals surface area contributed by atoms with E-state index in [1.54, 1.807) is 7.11 Å². The Kier molecular flexibility index (Phi) is 5.96. The van der Waals surface area contributed by atoms with Crippen molar-refractivity contribution in [1.29, 1.82) is 0 Å². The summed E-state index contributed by atoms with van der Waals surface area (Å²) in [5.41, 5.74) is 7.73. The van der Waals surface area contributed by atoms with Crippen molar-refractivity contribution in [3.05, 3.63) is 18.2 Å². The highest BCUT2D eigenvalue weighted by atomic mass is 16.5. The average molecular weight is 265 g/mol. The average Bonchev–Trinajstić information content (AvgIpc) is 2.30. The minimum atomic E-state index is 0.379. The van der Waals surface area contributed by atoms with Crippen LogP contribution >= 0.6 is 0 Å². The van der Waals surface area contributed by atoms with Gasteiger partial charge in [-0.3, -0.25) is 0 Å². The number of hydrogen-bond donors (Lipinski definition) is 2. The van der Waals surface area contributed by atoms with Gasteiger partial charge in [0.2, 0.25) is 0 Å². The fourth-order valence-corrected chi connectivity index (χ4v) is 2.20. The number of likely N-dealkylation sites (N-methyl/N-ethyl adjacent to an activating group) is 1. The molecule has 0 heterocycles. The van der Waals surface area contributed by atoms with Crippen LogP contribution in [0.4, 0.5) is 11.4 Å². The van der Waals surface area contributed by atoms with Crippen molar-refractivity contribution in [2.24, 2.45) is 5.92 Å². The quantitative estimate of drug-likeness (QED) is 0.744. The maximum absolute atomic E-state index is 6.02. The van der Waals surface area contributed by atoms with Crippen LogP contribution in [0.1, 0.15) is 20.3 Å². The molecular formula is C15H27N3O. The Balaban J connectivity index is 2.82. The maximum Gasteiger partial charge on any atom is 0.121 e. The van der Waals surface area contributed by atoms with Gasteiger partial charge in [-0.15, -0.1) is 0 Å². The second-order valence-electron chi connectivity index (χ2n) is 5.69. The summed E-state index contributed by atoms with van der Waals surface area (Å²) in [6, 6.07) is 6.09. The molecule has 0 spiro atoms. The van der Waals surface area contributed by atoms with E-state index in [2.05, 4.69) is 38.2 Å². The van der Waals surface area contributed by atoms with E-state index in [-0.39, 0.29) is 0 Å². The van der Waals surface area contributed by atoms with Crippen LogP contribution in [-0.2, 0) is 0 Å². The molecule has 3 N–H and O–H groups in total. The topological polar surface area (TPSA) is 50.5 Å². The van der Waals surface area contributed by atoms with Crippen LogP contribution in [-0.4, -0.2) is 38.7 Å². The molecule has 0 fully saturated rings. The molecule has 1 aromatic rings. The molecule has 1 rings (SSSR count). The predicted molar refractivity (Wildman–Crippen MR) is 82.8 cm³/mol. The molecule has 0 bridgehead atoms. The summed E-state index contributed by atoms with van der Waals surface area (Å²) in [4.78, 5) is 2.19. The van der Waals surface area contributed by atoms with E-state index in [9.17, 15) is 0 Å². The molecule has 4 nitrogen and oxygen atoms in total. The molecular weight excluding hydrogens is 238 g/mol. The lowest BCUT2D eigenvalue weighted by molar-refractivity contribution is 0.356. The molecule has 4 heteroatoms. The van der Waals surface area contributed by atoms with Crippen molar-refractivity contribution in [1.82, 2.24) is 4.90 Å². The van der Waals surface area contributed by atoms with E-state index in [1.165, 1.54) is 0 Å². The fraction of sp³-hybridized carbons (Fsp3) is 0.600. The largest absolute Gasteiger partial charge is 0.497 e. The molecule has 0 aromatic heterocycles. The summed E-state index contributed by atoms with van der Waals surface area (Å²) in [6.45, 7) is 5.45. The van der Waals surface area contributed by atoms with Gasteiger partial charge < -0.3 is 20.7 Å². The molecule has 1 aromatic carbocycles. The van der Waals surface area contributed by atoms with E-state index in [1.807, 2.05) is 18.2 Å². The first-order valence-electron chi connectivity index (χ1n) is 6.77. The van der Waals surface area contributed by atoms with Crippen molar-refractivity contribution >= 4 is 11.4 Å². The number of benzene rings is 1. The third-order valence-corrected chi connectivity index (χ3v) is 2.96. The first-order chi connectivity index (χ1) is 8.92. The highest BCUT2D eigenvalue weighted by molar-refractivity contribution is 5.68. The lowest BCUT2D eigenvalue weighted by Gasteiger charge is -2.25. The number of rotatable bonds is 7. The van der Waals surface area contributed by atoms with E-state index >= 15 is 0 Å². The van der Waals surface area contributed by atoms with Gasteiger partial charge in [0.15, 0.2) is 0 Å². The van der Waals surface area contributed by atoms with Gasteiger partial charge in [0.05, 0.1) is 18.5 Å². The minimum absolute atomic E-state index is 0.379. The fourth-order valence-electron chi connectivity index (χ4n) is 2.20. The smallest absolute Gasteiger partial charge is 0.121 e. The molecule has 1 unspecified atom stereocenters. The first kappa shape index (κ1) is 15.6. The number of methoxy groups -OCH3 is 1. The first-order valence-corrected chi connectivity index (χ1v) is 6.77. The van der Waals surface area contributed by atoms with Crippen molar-refractivity contribution < 1.29 is 4.74 Å². The van der Waals surface area contributed by atoms with Gasteiger partial charge in [-0.25, -0.2) is 0 Å². The lowest BCUT2D eigenvalue weighted by atomic mass is 10.0. The molecule has 1 atom stereocenters. The van der Waals surface area contributed by atoms with Crippen LogP contribution in [0.2, 0.25) is 0 Å². The van der Waals surface area contributed by atoms with Crippen LogP contribution in [0.15, 0.2) is 18.2 Å². The number of nitrogens with zero attached hydrogens (tertiary/aromatic N) is 1. The van der Waals surface area contributed by atoms with Crippen LogP contribution in [0, 0.1) is 5.92 Å². The summed E-state index contributed by atoms with van der Waals surface area (Å²) in [5.74, 6) is 1.47. The van der Waals surface area contributed by atoms with Crippen LogP contribution in [0.3, 0.4) is 0 Å². The van der Waals surface area contributed by atoms with Crippen molar-refractivity contribution in [3.8, 4) is 5.75 Å². The van der Waals surface area contributed by atoms with Crippen LogP contribution in [0.5, 0.6) is 5.75 Å². The summed E-state index contributed by atoms with van der Waals surface area (Å²) in [6.07, 6.45) is 1.11. The van der Waals surface area contributed by atoms with E-state index < -0.39 is 0 Å². The number of anilines is 2. The summed E-state index contributed by atoms with van der Waals surface area (Å²) < 4.78 is 5.25. The molecule has 0 amide bonds. The predicted octanol–water partition coefficient (Wildman–Crippen LogP) is 2.67. The van der Waals surface area contributed by atoms with Crippen LogP contribution < -0.4 is 15.8 Å². The monoisotopic (exact) mass is 265 g/mol. The number of nitrogen functional groups attached to an aromatic ring is 1. The van der Waals surface area contributed by atoms with Crippen molar-refractivity contribution in [2.45, 2.75) is 26.3 Å². The van der Waals surface area contributed by atoms with E-state index in [0.717, 1.165) is 30.1 Å². The third kappa shape index (κ3) is 5.39. The van der Waals surface area contributed by atoms with E-state index in [4.69, 9.17) is 10.5 Å². The summed E-state index contributed by atoms with van der Waals surface area (Å²) in [7, 11) is 5.84. The zero-order chi connectivity index (χ0) is 14.4. The minimum Gasteiger partial charge on any atom is -0.497 e. The molecule has 0 aliphatic carbocycles. The normalized spacial score (nSPS) is 12.8. The van der Waals surface area contributed by atoms with Gasteiger partial charge >= 0.3 is 0 Å². The lowest BCUT2D eigenvalue weighted by Crippen LogP contribution is -2.33. The second-order valence-corrected chi connectivity index (χ2v) is 5.69.